The number of benzene rings is 1. The van der Waals surface area contributed by atoms with E-state index in [1.165, 1.54) is 13.3 Å². The molecule has 0 spiro atoms. The molecule has 2 rings (SSSR count). The number of hydrazine groups is 1. The number of nitrogens with zero attached hydrogens (tertiary/aromatic N) is 1. The molecular weight excluding hydrogens is 330 g/mol. The Morgan fingerprint density at radius 3 is 3.10 bits per heavy atom. The molecule has 5 N–H and O–H groups in total. The van der Waals surface area contributed by atoms with E-state index in [4.69, 9.17) is 4.74 Å². The Kier molecular flexibility index (Phi) is 4.77. The molecule has 8 nitrogen and oxygen atoms in total. The molecule has 20 heavy (non-hydrogen) atoms. The van der Waals surface area contributed by atoms with Gasteiger partial charge in [0.15, 0.2) is 17.8 Å². The van der Waals surface area contributed by atoms with Crippen molar-refractivity contribution < 1.29 is 14.6 Å². The highest BCUT2D eigenvalue weighted by Gasteiger charge is 2.15. The molecule has 0 radical (unpaired) electrons. The lowest BCUT2D eigenvalue weighted by Gasteiger charge is -2.24. The van der Waals surface area contributed by atoms with Crippen LogP contribution in [-0.2, 0) is 4.79 Å². The molecule has 1 aromatic rings. The summed E-state index contributed by atoms with van der Waals surface area (Å²) in [5.74, 6) is 0.236. The highest BCUT2D eigenvalue weighted by Crippen LogP contribution is 2.34. The number of phenolic OH excluding ortho intramolecular Hbond substituents is 1. The van der Waals surface area contributed by atoms with Gasteiger partial charge in [-0.15, -0.1) is 0 Å². The average Bonchev–Trinajstić information content (AvgIpc) is 2.42. The Bertz CT molecular complexity index is 537. The van der Waals surface area contributed by atoms with Crippen molar-refractivity contribution in [1.82, 2.24) is 21.6 Å². The zero-order valence-corrected chi connectivity index (χ0v) is 12.2. The summed E-state index contributed by atoms with van der Waals surface area (Å²) in [6, 6.07) is 3.32. The summed E-state index contributed by atoms with van der Waals surface area (Å²) in [7, 11) is 1.47. The average molecular weight is 344 g/mol. The number of hydrogen-bond donors (Lipinski definition) is 5. The van der Waals surface area contributed by atoms with Crippen molar-refractivity contribution in [2.24, 2.45) is 5.10 Å². The lowest BCUT2D eigenvalue weighted by atomic mass is 10.2. The topological polar surface area (TPSA) is 107 Å². The number of hydrazone groups is 1. The maximum Gasteiger partial charge on any atom is 0.238 e. The van der Waals surface area contributed by atoms with Crippen molar-refractivity contribution >= 4 is 28.1 Å². The van der Waals surface area contributed by atoms with Gasteiger partial charge in [0, 0.05) is 0 Å². The van der Waals surface area contributed by atoms with Gasteiger partial charge in [-0.25, -0.2) is 10.9 Å². The maximum atomic E-state index is 11.1. The second-order valence-corrected chi connectivity index (χ2v) is 4.79. The van der Waals surface area contributed by atoms with Crippen molar-refractivity contribution in [2.75, 3.05) is 13.7 Å². The first-order chi connectivity index (χ1) is 9.60. The summed E-state index contributed by atoms with van der Waals surface area (Å²) < 4.78 is 5.54. The van der Waals surface area contributed by atoms with Gasteiger partial charge in [-0.05, 0) is 33.6 Å². The lowest BCUT2D eigenvalue weighted by molar-refractivity contribution is -0.123. The lowest BCUT2D eigenvalue weighted by Crippen LogP contribution is -2.64. The smallest absolute Gasteiger partial charge is 0.238 e. The van der Waals surface area contributed by atoms with E-state index in [0.717, 1.165) is 0 Å². The standard InChI is InChI=1S/C11H14BrN5O3/c1-20-8-3-6(2-7(12)10(8)19)4-13-16-11-15-9(18)5-14-17-11/h2-4,11,14,16-17,19H,5H2,1H3,(H,15,18)/b13-4-. The predicted molar refractivity (Wildman–Crippen MR) is 76.2 cm³/mol. The minimum absolute atomic E-state index is 0.0306. The summed E-state index contributed by atoms with van der Waals surface area (Å²) in [5, 5.41) is 16.3. The van der Waals surface area contributed by atoms with E-state index in [1.54, 1.807) is 12.1 Å². The van der Waals surface area contributed by atoms with Gasteiger partial charge in [-0.3, -0.25) is 10.2 Å². The largest absolute Gasteiger partial charge is 0.503 e. The summed E-state index contributed by atoms with van der Waals surface area (Å²) in [5.41, 5.74) is 8.94. The van der Waals surface area contributed by atoms with Crippen molar-refractivity contribution in [3.63, 3.8) is 0 Å². The molecule has 9 heteroatoms. The fourth-order valence-corrected chi connectivity index (χ4v) is 2.02. The van der Waals surface area contributed by atoms with Gasteiger partial charge in [0.2, 0.25) is 5.91 Å². The Hall–Kier alpha value is -1.84. The predicted octanol–water partition coefficient (Wildman–Crippen LogP) is -0.406. The Labute approximate surface area is 123 Å². The monoisotopic (exact) mass is 343 g/mol. The van der Waals surface area contributed by atoms with Crippen LogP contribution in [0.3, 0.4) is 0 Å². The van der Waals surface area contributed by atoms with Crippen LogP contribution in [0, 0.1) is 0 Å². The number of amides is 1. The molecule has 1 atom stereocenters. The molecule has 0 saturated carbocycles. The van der Waals surface area contributed by atoms with E-state index in [2.05, 4.69) is 42.6 Å². The van der Waals surface area contributed by atoms with Gasteiger partial charge in [0.05, 0.1) is 24.3 Å². The molecule has 1 fully saturated rings. The van der Waals surface area contributed by atoms with Crippen LogP contribution in [0.4, 0.5) is 0 Å². The van der Waals surface area contributed by atoms with Crippen LogP contribution < -0.4 is 26.3 Å². The Balaban J connectivity index is 2.00. The van der Waals surface area contributed by atoms with Gasteiger partial charge in [0.1, 0.15) is 0 Å². The number of phenols is 1. The van der Waals surface area contributed by atoms with Crippen LogP contribution in [0.25, 0.3) is 0 Å². The first-order valence-corrected chi connectivity index (χ1v) is 6.52. The number of carbonyl (C=O) groups is 1. The third-order valence-electron chi connectivity index (χ3n) is 2.49. The van der Waals surface area contributed by atoms with Crippen molar-refractivity contribution in [3.8, 4) is 11.5 Å². The molecule has 1 aliphatic rings. The Morgan fingerprint density at radius 1 is 1.60 bits per heavy atom. The van der Waals surface area contributed by atoms with Crippen LogP contribution in [-0.4, -0.2) is 37.2 Å². The fraction of sp³-hybridized carbons (Fsp3) is 0.273. The van der Waals surface area contributed by atoms with Crippen LogP contribution in [0.5, 0.6) is 11.5 Å². The molecule has 108 valence electrons. The molecule has 1 amide bonds. The van der Waals surface area contributed by atoms with Gasteiger partial charge in [0.25, 0.3) is 0 Å². The molecule has 0 bridgehead atoms. The number of aromatic hydroxyl groups is 1. The third kappa shape index (κ3) is 3.59. The van der Waals surface area contributed by atoms with Gasteiger partial charge in [-0.2, -0.15) is 5.10 Å². The number of hydrogen-bond acceptors (Lipinski definition) is 7. The van der Waals surface area contributed by atoms with E-state index >= 15 is 0 Å². The van der Waals surface area contributed by atoms with E-state index in [1.807, 2.05) is 0 Å². The molecule has 1 saturated heterocycles. The number of methoxy groups -OCH3 is 1. The summed E-state index contributed by atoms with van der Waals surface area (Å²) in [6.45, 7) is 0.212. The molecule has 1 aliphatic heterocycles. The SMILES string of the molecule is COc1cc(/C=N\NC2NNCC(=O)N2)cc(Br)c1O. The van der Waals surface area contributed by atoms with Crippen molar-refractivity contribution in [1.29, 1.82) is 0 Å². The number of rotatable bonds is 4. The van der Waals surface area contributed by atoms with E-state index in [0.29, 0.717) is 15.8 Å². The normalized spacial score (nSPS) is 18.9. The van der Waals surface area contributed by atoms with Crippen LogP contribution in [0.15, 0.2) is 21.7 Å². The fourth-order valence-electron chi connectivity index (χ4n) is 1.56. The maximum absolute atomic E-state index is 11.1. The second kappa shape index (κ2) is 6.55. The van der Waals surface area contributed by atoms with Crippen molar-refractivity contribution in [2.45, 2.75) is 6.29 Å². The highest BCUT2D eigenvalue weighted by atomic mass is 79.9. The number of carbonyl (C=O) groups excluding carboxylic acids is 1. The van der Waals surface area contributed by atoms with Gasteiger partial charge >= 0.3 is 0 Å². The molecule has 1 aromatic carbocycles. The van der Waals surface area contributed by atoms with E-state index in [9.17, 15) is 9.90 Å². The van der Waals surface area contributed by atoms with Crippen LogP contribution in [0.2, 0.25) is 0 Å². The Morgan fingerprint density at radius 2 is 2.40 bits per heavy atom. The van der Waals surface area contributed by atoms with Crippen molar-refractivity contribution in [3.05, 3.63) is 22.2 Å². The zero-order valence-electron chi connectivity index (χ0n) is 10.6. The summed E-state index contributed by atoms with van der Waals surface area (Å²) in [4.78, 5) is 11.1. The quantitative estimate of drug-likeness (QED) is 0.376. The van der Waals surface area contributed by atoms with Crippen LogP contribution >= 0.6 is 15.9 Å². The van der Waals surface area contributed by atoms with Gasteiger partial charge < -0.3 is 15.2 Å². The zero-order chi connectivity index (χ0) is 14.5. The number of nitrogens with one attached hydrogen (secondary N) is 4. The minimum atomic E-state index is -0.491. The number of ether oxygens (including phenoxy) is 1. The second-order valence-electron chi connectivity index (χ2n) is 3.94. The number of halogens is 1. The third-order valence-corrected chi connectivity index (χ3v) is 3.09. The van der Waals surface area contributed by atoms with E-state index in [-0.39, 0.29) is 18.2 Å². The first kappa shape index (κ1) is 14.6. The molecular formula is C11H14BrN5O3. The molecule has 1 heterocycles. The first-order valence-electron chi connectivity index (χ1n) is 5.73. The minimum Gasteiger partial charge on any atom is -0.503 e. The van der Waals surface area contributed by atoms with E-state index < -0.39 is 6.29 Å². The molecule has 1 unspecified atom stereocenters. The van der Waals surface area contributed by atoms with Crippen LogP contribution in [0.1, 0.15) is 5.56 Å². The highest BCUT2D eigenvalue weighted by molar-refractivity contribution is 9.10. The summed E-state index contributed by atoms with van der Waals surface area (Å²) in [6.07, 6.45) is 1.05. The molecule has 0 aromatic heterocycles. The summed E-state index contributed by atoms with van der Waals surface area (Å²) >= 11 is 3.22. The van der Waals surface area contributed by atoms with Gasteiger partial charge in [-0.1, -0.05) is 0 Å². The molecule has 0 aliphatic carbocycles.